The molecule has 1 aromatic carbocycles. The molecule has 0 spiro atoms. The number of methoxy groups -OCH3 is 2. The zero-order valence-corrected chi connectivity index (χ0v) is 14.0. The van der Waals surface area contributed by atoms with Crippen LogP contribution in [-0.4, -0.2) is 26.2 Å². The van der Waals surface area contributed by atoms with Crippen LogP contribution in [0.15, 0.2) is 34.8 Å². The maximum Gasteiger partial charge on any atom is 0.341 e. The predicted molar refractivity (Wildman–Crippen MR) is 86.6 cm³/mol. The van der Waals surface area contributed by atoms with Gasteiger partial charge < -0.3 is 18.6 Å². The monoisotopic (exact) mass is 348 g/mol. The molecule has 7 heteroatoms. The van der Waals surface area contributed by atoms with Crippen molar-refractivity contribution in [3.8, 4) is 5.75 Å². The summed E-state index contributed by atoms with van der Waals surface area (Å²) in [5.41, 5.74) is 0.759. The minimum Gasteiger partial charge on any atom is -0.494 e. The van der Waals surface area contributed by atoms with E-state index in [0.717, 1.165) is 6.08 Å². The lowest BCUT2D eigenvalue weighted by molar-refractivity contribution is -0.139. The maximum atomic E-state index is 13.6. The van der Waals surface area contributed by atoms with Crippen LogP contribution in [0, 0.1) is 12.7 Å². The largest absolute Gasteiger partial charge is 0.494 e. The number of aryl methyl sites for hydroxylation is 1. The Morgan fingerprint density at radius 2 is 2.00 bits per heavy atom. The van der Waals surface area contributed by atoms with Crippen LogP contribution in [-0.2, 0) is 20.9 Å². The number of benzene rings is 1. The van der Waals surface area contributed by atoms with Gasteiger partial charge in [-0.05, 0) is 36.8 Å². The summed E-state index contributed by atoms with van der Waals surface area (Å²) in [6.45, 7) is 1.47. The molecule has 0 N–H and O–H groups in total. The van der Waals surface area contributed by atoms with Crippen LogP contribution in [0.25, 0.3) is 6.08 Å². The zero-order valence-electron chi connectivity index (χ0n) is 14.0. The Morgan fingerprint density at radius 1 is 1.24 bits per heavy atom. The molecular weight excluding hydrogens is 331 g/mol. The molecule has 0 unspecified atom stereocenters. The van der Waals surface area contributed by atoms with Crippen LogP contribution in [0.2, 0.25) is 0 Å². The maximum absolute atomic E-state index is 13.6. The smallest absolute Gasteiger partial charge is 0.341 e. The normalized spacial score (nSPS) is 10.7. The molecule has 0 amide bonds. The Kier molecular flexibility index (Phi) is 5.94. The summed E-state index contributed by atoms with van der Waals surface area (Å²) in [4.78, 5) is 23.2. The highest BCUT2D eigenvalue weighted by molar-refractivity contribution is 5.90. The SMILES string of the molecule is COC(=O)c1cc(COC(=O)/C=C/c2ccc(OC)c(F)c2)oc1C. The highest BCUT2D eigenvalue weighted by Gasteiger charge is 2.15. The fourth-order valence-electron chi connectivity index (χ4n) is 2.07. The molecule has 0 fully saturated rings. The number of esters is 2. The molecule has 0 aliphatic heterocycles. The minimum absolute atomic E-state index is 0.120. The van der Waals surface area contributed by atoms with Crippen LogP contribution in [0.3, 0.4) is 0 Å². The molecule has 0 aliphatic carbocycles. The van der Waals surface area contributed by atoms with Gasteiger partial charge in [0, 0.05) is 6.08 Å². The third kappa shape index (κ3) is 4.69. The van der Waals surface area contributed by atoms with Gasteiger partial charge in [0.05, 0.1) is 14.2 Å². The first-order chi connectivity index (χ1) is 11.9. The summed E-state index contributed by atoms with van der Waals surface area (Å²) >= 11 is 0. The van der Waals surface area contributed by atoms with Crippen LogP contribution in [0.1, 0.15) is 27.4 Å². The van der Waals surface area contributed by atoms with Crippen LogP contribution < -0.4 is 4.74 Å². The van der Waals surface area contributed by atoms with E-state index in [1.165, 1.54) is 38.5 Å². The Bertz CT molecular complexity index is 806. The summed E-state index contributed by atoms with van der Waals surface area (Å²) in [6, 6.07) is 5.75. The van der Waals surface area contributed by atoms with Gasteiger partial charge in [0.2, 0.25) is 0 Å². The van der Waals surface area contributed by atoms with Crippen molar-refractivity contribution in [2.45, 2.75) is 13.5 Å². The lowest BCUT2D eigenvalue weighted by Crippen LogP contribution is -2.01. The summed E-state index contributed by atoms with van der Waals surface area (Å²) in [7, 11) is 2.63. The van der Waals surface area contributed by atoms with E-state index in [-0.39, 0.29) is 17.9 Å². The molecule has 0 bridgehead atoms. The molecule has 132 valence electrons. The minimum atomic E-state index is -0.634. The Balaban J connectivity index is 1.94. The van der Waals surface area contributed by atoms with Crippen LogP contribution >= 0.6 is 0 Å². The van der Waals surface area contributed by atoms with E-state index >= 15 is 0 Å². The van der Waals surface area contributed by atoms with E-state index in [1.54, 1.807) is 13.0 Å². The second-order valence-corrected chi connectivity index (χ2v) is 5.01. The van der Waals surface area contributed by atoms with Gasteiger partial charge in [-0.25, -0.2) is 14.0 Å². The van der Waals surface area contributed by atoms with Crippen molar-refractivity contribution >= 4 is 18.0 Å². The number of hydrogen-bond acceptors (Lipinski definition) is 6. The number of carbonyl (C=O) groups excluding carboxylic acids is 2. The van der Waals surface area contributed by atoms with Crippen LogP contribution in [0.5, 0.6) is 5.75 Å². The Morgan fingerprint density at radius 3 is 2.64 bits per heavy atom. The van der Waals surface area contributed by atoms with E-state index in [0.29, 0.717) is 17.1 Å². The molecule has 2 aromatic rings. The quantitative estimate of drug-likeness (QED) is 0.589. The summed E-state index contributed by atoms with van der Waals surface area (Å²) < 4.78 is 33.3. The molecule has 1 heterocycles. The fraction of sp³-hybridized carbons (Fsp3) is 0.222. The summed E-state index contributed by atoms with van der Waals surface area (Å²) in [5.74, 6) is -0.879. The molecular formula is C18H17FO6. The molecule has 6 nitrogen and oxygen atoms in total. The second-order valence-electron chi connectivity index (χ2n) is 5.01. The van der Waals surface area contributed by atoms with Crippen molar-refractivity contribution in [2.24, 2.45) is 0 Å². The molecule has 1 aromatic heterocycles. The molecule has 25 heavy (non-hydrogen) atoms. The van der Waals surface area contributed by atoms with Crippen molar-refractivity contribution in [3.63, 3.8) is 0 Å². The van der Waals surface area contributed by atoms with Gasteiger partial charge in [-0.3, -0.25) is 0 Å². The standard InChI is InChI=1S/C18H17FO6/c1-11-14(18(21)23-3)9-13(25-11)10-24-17(20)7-5-12-4-6-16(22-2)15(19)8-12/h4-9H,10H2,1-3H3/b7-5+. The first-order valence-electron chi connectivity index (χ1n) is 7.30. The third-order valence-corrected chi connectivity index (χ3v) is 3.32. The number of ether oxygens (including phenoxy) is 3. The molecule has 0 saturated heterocycles. The third-order valence-electron chi connectivity index (χ3n) is 3.32. The van der Waals surface area contributed by atoms with Gasteiger partial charge in [-0.2, -0.15) is 0 Å². The van der Waals surface area contributed by atoms with Gasteiger partial charge in [0.15, 0.2) is 11.6 Å². The first kappa shape index (κ1) is 18.3. The van der Waals surface area contributed by atoms with Gasteiger partial charge >= 0.3 is 11.9 Å². The number of halogens is 1. The highest BCUT2D eigenvalue weighted by atomic mass is 19.1. The second kappa shape index (κ2) is 8.14. The van der Waals surface area contributed by atoms with Crippen molar-refractivity contribution in [2.75, 3.05) is 14.2 Å². The summed E-state index contributed by atoms with van der Waals surface area (Å²) in [6.07, 6.45) is 2.58. The highest BCUT2D eigenvalue weighted by Crippen LogP contribution is 2.19. The average Bonchev–Trinajstić information content (AvgIpc) is 2.98. The lowest BCUT2D eigenvalue weighted by Gasteiger charge is -2.02. The Hall–Kier alpha value is -3.09. The Labute approximate surface area is 143 Å². The number of furan rings is 1. The number of carbonyl (C=O) groups is 2. The predicted octanol–water partition coefficient (Wildman–Crippen LogP) is 3.28. The van der Waals surface area contributed by atoms with Crippen molar-refractivity contribution in [1.82, 2.24) is 0 Å². The molecule has 2 rings (SSSR count). The van der Waals surface area contributed by atoms with E-state index in [4.69, 9.17) is 13.9 Å². The zero-order chi connectivity index (χ0) is 18.4. The summed E-state index contributed by atoms with van der Waals surface area (Å²) in [5, 5.41) is 0. The number of rotatable bonds is 6. The van der Waals surface area contributed by atoms with Crippen LogP contribution in [0.4, 0.5) is 4.39 Å². The van der Waals surface area contributed by atoms with Gasteiger partial charge in [-0.1, -0.05) is 6.07 Å². The average molecular weight is 348 g/mol. The van der Waals surface area contributed by atoms with E-state index in [2.05, 4.69) is 4.74 Å². The van der Waals surface area contributed by atoms with E-state index in [1.807, 2.05) is 0 Å². The molecule has 0 saturated carbocycles. The van der Waals surface area contributed by atoms with Crippen molar-refractivity contribution in [1.29, 1.82) is 0 Å². The molecule has 0 radical (unpaired) electrons. The number of hydrogen-bond donors (Lipinski definition) is 0. The molecule has 0 aliphatic rings. The van der Waals surface area contributed by atoms with E-state index in [9.17, 15) is 14.0 Å². The van der Waals surface area contributed by atoms with E-state index < -0.39 is 17.8 Å². The van der Waals surface area contributed by atoms with Gasteiger partial charge in [-0.15, -0.1) is 0 Å². The van der Waals surface area contributed by atoms with Crippen molar-refractivity contribution in [3.05, 3.63) is 58.8 Å². The van der Waals surface area contributed by atoms with Gasteiger partial charge in [0.1, 0.15) is 23.7 Å². The van der Waals surface area contributed by atoms with Gasteiger partial charge in [0.25, 0.3) is 0 Å². The lowest BCUT2D eigenvalue weighted by atomic mass is 10.2. The fourth-order valence-corrected chi connectivity index (χ4v) is 2.07. The van der Waals surface area contributed by atoms with Crippen molar-refractivity contribution < 1.29 is 32.6 Å². The topological polar surface area (TPSA) is 75.0 Å². The first-order valence-corrected chi connectivity index (χ1v) is 7.30. The molecule has 0 atom stereocenters.